The monoisotopic (exact) mass is 454 g/mol. The van der Waals surface area contributed by atoms with Crippen LogP contribution >= 0.6 is 22.9 Å². The summed E-state index contributed by atoms with van der Waals surface area (Å²) in [7, 11) is 0. The molecular weight excluding hydrogens is 447 g/mol. The fraction of sp³-hybridized carbons (Fsp3) is 0. The van der Waals surface area contributed by atoms with Crippen LogP contribution in [0.5, 0.6) is 0 Å². The van der Waals surface area contributed by atoms with Crippen molar-refractivity contribution in [3.8, 4) is 10.6 Å². The summed E-state index contributed by atoms with van der Waals surface area (Å²) in [6, 6.07) is 11.1. The Balaban J connectivity index is 1.85. The summed E-state index contributed by atoms with van der Waals surface area (Å²) in [5.74, 6) is -12.0. The first kappa shape index (κ1) is 20.2. The van der Waals surface area contributed by atoms with Gasteiger partial charge in [-0.15, -0.1) is 11.3 Å². The van der Waals surface area contributed by atoms with Gasteiger partial charge in [-0.3, -0.25) is 4.79 Å². The lowest BCUT2D eigenvalue weighted by molar-refractivity contribution is 0.102. The van der Waals surface area contributed by atoms with E-state index < -0.39 is 40.7 Å². The molecule has 4 aromatic rings. The van der Waals surface area contributed by atoms with Crippen LogP contribution < -0.4 is 5.32 Å². The molecule has 0 atom stereocenters. The van der Waals surface area contributed by atoms with E-state index >= 15 is 0 Å². The molecule has 0 saturated carbocycles. The average molecular weight is 455 g/mol. The molecule has 0 aliphatic carbocycles. The summed E-state index contributed by atoms with van der Waals surface area (Å²) < 4.78 is 68.6. The first-order valence-corrected chi connectivity index (χ1v) is 9.45. The Bertz CT molecular complexity index is 1300. The summed E-state index contributed by atoms with van der Waals surface area (Å²) in [5, 5.41) is 2.12. The normalized spacial score (nSPS) is 11.1. The van der Waals surface area contributed by atoms with Crippen molar-refractivity contribution in [1.82, 2.24) is 4.98 Å². The van der Waals surface area contributed by atoms with Crippen molar-refractivity contribution in [1.29, 1.82) is 0 Å². The molecule has 0 fully saturated rings. The molecule has 1 N–H and O–H groups in total. The number of hydrogen-bond donors (Lipinski definition) is 1. The van der Waals surface area contributed by atoms with Gasteiger partial charge < -0.3 is 5.32 Å². The van der Waals surface area contributed by atoms with Crippen LogP contribution in [-0.2, 0) is 0 Å². The van der Waals surface area contributed by atoms with Gasteiger partial charge >= 0.3 is 0 Å². The fourth-order valence-electron chi connectivity index (χ4n) is 2.84. The van der Waals surface area contributed by atoms with Crippen molar-refractivity contribution in [2.24, 2.45) is 0 Å². The number of carbonyl (C=O) groups is 1. The first-order chi connectivity index (χ1) is 14.3. The molecule has 1 amide bonds. The third kappa shape index (κ3) is 3.40. The Kier molecular flexibility index (Phi) is 5.17. The Hall–Kier alpha value is -3.04. The number of pyridine rings is 1. The standard InChI is InChI=1S/C20H8ClF5N2OS/c21-13-6-5-12(30-13)11-7-9(8-3-1-2-4-10(8)27-11)20(29)28-19-17(25)15(23)14(22)16(24)18(19)26/h1-7H,(H,28,29). The summed E-state index contributed by atoms with van der Waals surface area (Å²) >= 11 is 7.14. The van der Waals surface area contributed by atoms with Gasteiger partial charge in [0.25, 0.3) is 5.91 Å². The van der Waals surface area contributed by atoms with E-state index in [2.05, 4.69) is 4.98 Å². The largest absolute Gasteiger partial charge is 0.317 e. The quantitative estimate of drug-likeness (QED) is 0.216. The number of hydrogen-bond acceptors (Lipinski definition) is 3. The lowest BCUT2D eigenvalue weighted by Crippen LogP contribution is -2.17. The number of rotatable bonds is 3. The zero-order valence-electron chi connectivity index (χ0n) is 14.6. The maximum Gasteiger partial charge on any atom is 0.256 e. The van der Waals surface area contributed by atoms with Crippen LogP contribution in [-0.4, -0.2) is 10.9 Å². The molecule has 3 nitrogen and oxygen atoms in total. The molecular formula is C20H8ClF5N2OS. The third-order valence-electron chi connectivity index (χ3n) is 4.23. The molecule has 0 saturated heterocycles. The molecule has 0 unspecified atom stereocenters. The minimum atomic E-state index is -2.31. The Labute approximate surface area is 174 Å². The molecule has 4 rings (SSSR count). The highest BCUT2D eigenvalue weighted by Gasteiger charge is 2.27. The van der Waals surface area contributed by atoms with Crippen LogP contribution in [0.4, 0.5) is 27.6 Å². The number of nitrogens with zero attached hydrogens (tertiary/aromatic N) is 1. The molecule has 0 spiro atoms. The number of anilines is 1. The van der Waals surface area contributed by atoms with Crippen molar-refractivity contribution in [3.63, 3.8) is 0 Å². The van der Waals surface area contributed by atoms with E-state index in [9.17, 15) is 26.7 Å². The van der Waals surface area contributed by atoms with E-state index in [0.29, 0.717) is 25.8 Å². The summed E-state index contributed by atoms with van der Waals surface area (Å²) in [6.07, 6.45) is 0. The second-order valence-electron chi connectivity index (χ2n) is 6.07. The molecule has 0 aliphatic heterocycles. The maximum absolute atomic E-state index is 14.0. The molecule has 2 aromatic heterocycles. The summed E-state index contributed by atoms with van der Waals surface area (Å²) in [4.78, 5) is 17.9. The highest BCUT2D eigenvalue weighted by atomic mass is 35.5. The van der Waals surface area contributed by atoms with Gasteiger partial charge in [0.1, 0.15) is 5.69 Å². The van der Waals surface area contributed by atoms with Gasteiger partial charge in [-0.1, -0.05) is 29.8 Å². The third-order valence-corrected chi connectivity index (χ3v) is 5.49. The molecule has 10 heteroatoms. The van der Waals surface area contributed by atoms with Crippen molar-refractivity contribution >= 4 is 45.4 Å². The number of nitrogens with one attached hydrogen (secondary N) is 1. The van der Waals surface area contributed by atoms with Crippen molar-refractivity contribution < 1.29 is 26.7 Å². The first-order valence-electron chi connectivity index (χ1n) is 8.26. The second-order valence-corrected chi connectivity index (χ2v) is 7.79. The van der Waals surface area contributed by atoms with Crippen molar-refractivity contribution in [2.45, 2.75) is 0 Å². The molecule has 152 valence electrons. The van der Waals surface area contributed by atoms with Gasteiger partial charge in [-0.05, 0) is 24.3 Å². The van der Waals surface area contributed by atoms with E-state index in [1.807, 2.05) is 0 Å². The van der Waals surface area contributed by atoms with E-state index in [-0.39, 0.29) is 5.56 Å². The van der Waals surface area contributed by atoms with Gasteiger partial charge in [0.15, 0.2) is 23.3 Å². The smallest absolute Gasteiger partial charge is 0.256 e. The topological polar surface area (TPSA) is 42.0 Å². The van der Waals surface area contributed by atoms with Crippen LogP contribution in [0.15, 0.2) is 42.5 Å². The molecule has 2 heterocycles. The minimum absolute atomic E-state index is 0.0657. The fourth-order valence-corrected chi connectivity index (χ4v) is 3.84. The molecule has 0 radical (unpaired) electrons. The Morgan fingerprint density at radius 1 is 0.900 bits per heavy atom. The van der Waals surface area contributed by atoms with Crippen molar-refractivity contribution in [3.05, 3.63) is 81.5 Å². The second kappa shape index (κ2) is 7.66. The Morgan fingerprint density at radius 3 is 2.17 bits per heavy atom. The van der Waals surface area contributed by atoms with Crippen LogP contribution in [0.3, 0.4) is 0 Å². The number of amides is 1. The average Bonchev–Trinajstić information content (AvgIpc) is 3.19. The van der Waals surface area contributed by atoms with E-state index in [1.54, 1.807) is 41.7 Å². The predicted molar refractivity (Wildman–Crippen MR) is 104 cm³/mol. The van der Waals surface area contributed by atoms with Gasteiger partial charge in [0, 0.05) is 5.39 Å². The summed E-state index contributed by atoms with van der Waals surface area (Å²) in [5.41, 5.74) is -0.752. The van der Waals surface area contributed by atoms with Crippen LogP contribution in [0.2, 0.25) is 4.34 Å². The van der Waals surface area contributed by atoms with Gasteiger partial charge in [0.2, 0.25) is 5.82 Å². The number of halogens is 6. The number of aromatic nitrogens is 1. The van der Waals surface area contributed by atoms with Gasteiger partial charge in [-0.25, -0.2) is 26.9 Å². The van der Waals surface area contributed by atoms with Crippen LogP contribution in [0.1, 0.15) is 10.4 Å². The van der Waals surface area contributed by atoms with Crippen LogP contribution in [0, 0.1) is 29.1 Å². The van der Waals surface area contributed by atoms with Crippen LogP contribution in [0.25, 0.3) is 21.5 Å². The zero-order valence-corrected chi connectivity index (χ0v) is 16.1. The number of thiophene rings is 1. The molecule has 0 aliphatic rings. The SMILES string of the molecule is O=C(Nc1c(F)c(F)c(F)c(F)c1F)c1cc(-c2ccc(Cl)s2)nc2ccccc12. The van der Waals surface area contributed by atoms with E-state index in [4.69, 9.17) is 11.6 Å². The highest BCUT2D eigenvalue weighted by Crippen LogP contribution is 2.33. The van der Waals surface area contributed by atoms with Crippen molar-refractivity contribution in [2.75, 3.05) is 5.32 Å². The zero-order chi connectivity index (χ0) is 21.6. The van der Waals surface area contributed by atoms with E-state index in [0.717, 1.165) is 0 Å². The number of benzene rings is 2. The van der Waals surface area contributed by atoms with Gasteiger partial charge in [0.05, 0.1) is 26.0 Å². The molecule has 30 heavy (non-hydrogen) atoms. The maximum atomic E-state index is 14.0. The number of fused-ring (bicyclic) bond motifs is 1. The number of carbonyl (C=O) groups excluding carboxylic acids is 1. The van der Waals surface area contributed by atoms with Gasteiger partial charge in [-0.2, -0.15) is 0 Å². The molecule has 2 aromatic carbocycles. The minimum Gasteiger partial charge on any atom is -0.317 e. The molecule has 0 bridgehead atoms. The lowest BCUT2D eigenvalue weighted by atomic mass is 10.1. The van der Waals surface area contributed by atoms with E-state index in [1.165, 1.54) is 17.4 Å². The lowest BCUT2D eigenvalue weighted by Gasteiger charge is -2.12. The highest BCUT2D eigenvalue weighted by molar-refractivity contribution is 7.19. The predicted octanol–water partition coefficient (Wildman–Crippen LogP) is 6.56. The Morgan fingerprint density at radius 2 is 1.53 bits per heavy atom. The summed E-state index contributed by atoms with van der Waals surface area (Å²) in [6.45, 7) is 0. The number of para-hydroxylation sites is 1.